The van der Waals surface area contributed by atoms with Crippen LogP contribution in [0.1, 0.15) is 33.1 Å². The average molecular weight is 242 g/mol. The van der Waals surface area contributed by atoms with E-state index in [0.717, 1.165) is 29.7 Å². The largest absolute Gasteiger partial charge is 0.330 e. The number of rotatable bonds is 3. The van der Waals surface area contributed by atoms with E-state index >= 15 is 0 Å². The third-order valence-corrected chi connectivity index (χ3v) is 5.94. The maximum Gasteiger partial charge on any atom is 0.0184 e. The summed E-state index contributed by atoms with van der Waals surface area (Å²) in [5.74, 6) is 2.99. The van der Waals surface area contributed by atoms with Crippen LogP contribution in [0, 0.1) is 11.8 Å². The van der Waals surface area contributed by atoms with Crippen LogP contribution in [0.5, 0.6) is 0 Å². The molecule has 0 radical (unpaired) electrons. The minimum Gasteiger partial charge on any atom is -0.330 e. The first-order chi connectivity index (χ1) is 7.72. The molecule has 0 spiro atoms. The molecule has 2 N–H and O–H groups in total. The molecular weight excluding hydrogens is 216 g/mol. The molecule has 94 valence electrons. The van der Waals surface area contributed by atoms with Crippen LogP contribution >= 0.6 is 11.8 Å². The zero-order valence-corrected chi connectivity index (χ0v) is 11.5. The van der Waals surface area contributed by atoms with Crippen LogP contribution in [0.15, 0.2) is 0 Å². The van der Waals surface area contributed by atoms with Crippen molar-refractivity contribution in [2.75, 3.05) is 25.4 Å². The van der Waals surface area contributed by atoms with E-state index < -0.39 is 0 Å². The summed E-state index contributed by atoms with van der Waals surface area (Å²) >= 11 is 2.13. The fourth-order valence-corrected chi connectivity index (χ4v) is 4.38. The maximum absolute atomic E-state index is 5.87. The van der Waals surface area contributed by atoms with E-state index in [0.29, 0.717) is 0 Å². The molecule has 1 saturated carbocycles. The number of hydrogen-bond donors (Lipinski definition) is 1. The molecule has 1 saturated heterocycles. The molecule has 0 aromatic rings. The van der Waals surface area contributed by atoms with E-state index in [1.165, 1.54) is 38.1 Å². The second kappa shape index (κ2) is 5.74. The van der Waals surface area contributed by atoms with Gasteiger partial charge in [0.2, 0.25) is 0 Å². The van der Waals surface area contributed by atoms with Crippen molar-refractivity contribution in [1.29, 1.82) is 0 Å². The van der Waals surface area contributed by atoms with Gasteiger partial charge in [0.15, 0.2) is 0 Å². The molecule has 0 bridgehead atoms. The molecule has 0 amide bonds. The van der Waals surface area contributed by atoms with E-state index in [9.17, 15) is 0 Å². The minimum absolute atomic E-state index is 0.748. The van der Waals surface area contributed by atoms with Gasteiger partial charge in [0.1, 0.15) is 0 Å². The Hall–Kier alpha value is 0.270. The second-order valence-electron chi connectivity index (χ2n) is 5.50. The number of nitrogens with zero attached hydrogens (tertiary/aromatic N) is 1. The summed E-state index contributed by atoms with van der Waals surface area (Å²) in [5, 5.41) is 0.798. The van der Waals surface area contributed by atoms with Gasteiger partial charge in [-0.1, -0.05) is 13.3 Å². The van der Waals surface area contributed by atoms with Crippen molar-refractivity contribution in [3.05, 3.63) is 0 Å². The van der Waals surface area contributed by atoms with Crippen LogP contribution in [0.25, 0.3) is 0 Å². The van der Waals surface area contributed by atoms with Crippen molar-refractivity contribution >= 4 is 11.8 Å². The van der Waals surface area contributed by atoms with Gasteiger partial charge < -0.3 is 5.73 Å². The molecule has 2 rings (SSSR count). The van der Waals surface area contributed by atoms with E-state index in [-0.39, 0.29) is 0 Å². The lowest BCUT2D eigenvalue weighted by Gasteiger charge is -2.39. The lowest BCUT2D eigenvalue weighted by atomic mass is 9.95. The Labute approximate surface area is 104 Å². The van der Waals surface area contributed by atoms with Crippen molar-refractivity contribution in [1.82, 2.24) is 4.90 Å². The lowest BCUT2D eigenvalue weighted by Crippen LogP contribution is -2.47. The van der Waals surface area contributed by atoms with E-state index in [4.69, 9.17) is 5.73 Å². The SMILES string of the molecule is CC1SCCN(CC2CCCC2CN)C1C. The van der Waals surface area contributed by atoms with Crippen LogP contribution < -0.4 is 5.73 Å². The standard InChI is InChI=1S/C13H26N2S/c1-10-11(2)16-7-6-15(10)9-13-5-3-4-12(13)8-14/h10-13H,3-9,14H2,1-2H3. The molecule has 2 aliphatic rings. The van der Waals surface area contributed by atoms with Crippen molar-refractivity contribution in [2.45, 2.75) is 44.4 Å². The van der Waals surface area contributed by atoms with Gasteiger partial charge in [-0.3, -0.25) is 4.90 Å². The van der Waals surface area contributed by atoms with Gasteiger partial charge in [-0.15, -0.1) is 0 Å². The first kappa shape index (κ1) is 12.7. The zero-order chi connectivity index (χ0) is 11.5. The summed E-state index contributed by atoms with van der Waals surface area (Å²) in [6.07, 6.45) is 4.18. The fourth-order valence-electron chi connectivity index (χ4n) is 3.22. The molecule has 0 aromatic carbocycles. The van der Waals surface area contributed by atoms with Gasteiger partial charge in [-0.05, 0) is 38.1 Å². The second-order valence-corrected chi connectivity index (χ2v) is 6.98. The molecule has 1 aliphatic carbocycles. The van der Waals surface area contributed by atoms with Crippen molar-refractivity contribution < 1.29 is 0 Å². The first-order valence-corrected chi connectivity index (χ1v) is 7.83. The highest BCUT2D eigenvalue weighted by molar-refractivity contribution is 8.00. The normalized spacial score (nSPS) is 41.4. The highest BCUT2D eigenvalue weighted by atomic mass is 32.2. The highest BCUT2D eigenvalue weighted by Gasteiger charge is 2.31. The Kier molecular flexibility index (Phi) is 4.57. The monoisotopic (exact) mass is 242 g/mol. The lowest BCUT2D eigenvalue weighted by molar-refractivity contribution is 0.164. The summed E-state index contributed by atoms with van der Waals surface area (Å²) in [5.41, 5.74) is 5.87. The van der Waals surface area contributed by atoms with Crippen molar-refractivity contribution in [2.24, 2.45) is 17.6 Å². The van der Waals surface area contributed by atoms with Gasteiger partial charge in [0, 0.05) is 30.1 Å². The molecule has 2 fully saturated rings. The molecule has 4 unspecified atom stereocenters. The van der Waals surface area contributed by atoms with Gasteiger partial charge >= 0.3 is 0 Å². The van der Waals surface area contributed by atoms with Gasteiger partial charge in [-0.25, -0.2) is 0 Å². The number of thioether (sulfide) groups is 1. The Morgan fingerprint density at radius 2 is 2.00 bits per heavy atom. The Bertz CT molecular complexity index is 222. The van der Waals surface area contributed by atoms with Crippen LogP contribution in [-0.4, -0.2) is 41.6 Å². The Morgan fingerprint density at radius 1 is 1.25 bits per heavy atom. The molecule has 16 heavy (non-hydrogen) atoms. The maximum atomic E-state index is 5.87. The average Bonchev–Trinajstić information content (AvgIpc) is 2.72. The van der Waals surface area contributed by atoms with Gasteiger partial charge in [-0.2, -0.15) is 11.8 Å². The van der Waals surface area contributed by atoms with Crippen LogP contribution in [0.2, 0.25) is 0 Å². The van der Waals surface area contributed by atoms with Crippen molar-refractivity contribution in [3.63, 3.8) is 0 Å². The molecule has 1 aliphatic heterocycles. The Balaban J connectivity index is 1.88. The predicted molar refractivity (Wildman–Crippen MR) is 72.8 cm³/mol. The summed E-state index contributed by atoms with van der Waals surface area (Å²) < 4.78 is 0. The van der Waals surface area contributed by atoms with E-state index in [2.05, 4.69) is 30.5 Å². The number of nitrogens with two attached hydrogens (primary N) is 1. The minimum atomic E-state index is 0.748. The predicted octanol–water partition coefficient (Wildman–Crippen LogP) is 2.19. The summed E-state index contributed by atoms with van der Waals surface area (Å²) in [7, 11) is 0. The fraction of sp³-hybridized carbons (Fsp3) is 1.00. The molecule has 4 atom stereocenters. The van der Waals surface area contributed by atoms with Crippen LogP contribution in [-0.2, 0) is 0 Å². The quantitative estimate of drug-likeness (QED) is 0.822. The first-order valence-electron chi connectivity index (χ1n) is 6.78. The smallest absolute Gasteiger partial charge is 0.0184 e. The molecule has 0 aromatic heterocycles. The molecule has 2 nitrogen and oxygen atoms in total. The Morgan fingerprint density at radius 3 is 2.75 bits per heavy atom. The zero-order valence-electron chi connectivity index (χ0n) is 10.7. The molecule has 1 heterocycles. The molecular formula is C13H26N2S. The van der Waals surface area contributed by atoms with Gasteiger partial charge in [0.05, 0.1) is 0 Å². The summed E-state index contributed by atoms with van der Waals surface area (Å²) in [6.45, 7) is 8.24. The summed E-state index contributed by atoms with van der Waals surface area (Å²) in [6, 6.07) is 0.748. The van der Waals surface area contributed by atoms with E-state index in [1.54, 1.807) is 0 Å². The van der Waals surface area contributed by atoms with E-state index in [1.807, 2.05) is 0 Å². The summed E-state index contributed by atoms with van der Waals surface area (Å²) in [4.78, 5) is 2.71. The topological polar surface area (TPSA) is 29.3 Å². The van der Waals surface area contributed by atoms with Crippen LogP contribution in [0.3, 0.4) is 0 Å². The van der Waals surface area contributed by atoms with Crippen molar-refractivity contribution in [3.8, 4) is 0 Å². The highest BCUT2D eigenvalue weighted by Crippen LogP contribution is 2.33. The number of hydrogen-bond acceptors (Lipinski definition) is 3. The van der Waals surface area contributed by atoms with Gasteiger partial charge in [0.25, 0.3) is 0 Å². The molecule has 3 heteroatoms. The third kappa shape index (κ3) is 2.74. The van der Waals surface area contributed by atoms with Crippen LogP contribution in [0.4, 0.5) is 0 Å². The third-order valence-electron chi connectivity index (χ3n) is 4.60.